The molecular weight excluding hydrogens is 517 g/mol. The van der Waals surface area contributed by atoms with Gasteiger partial charge in [0.1, 0.15) is 29.5 Å². The summed E-state index contributed by atoms with van der Waals surface area (Å²) in [6, 6.07) is 7.35. The summed E-state index contributed by atoms with van der Waals surface area (Å²) in [6.07, 6.45) is 2.87. The summed E-state index contributed by atoms with van der Waals surface area (Å²) < 4.78 is 29.8. The molecule has 0 aliphatic carbocycles. The van der Waals surface area contributed by atoms with Crippen LogP contribution in [0.4, 0.5) is 4.39 Å². The van der Waals surface area contributed by atoms with Crippen LogP contribution in [0.25, 0.3) is 11.3 Å². The standard InChI is InChI=1S/C27H33ClFN3O6/c1-6-21(38-12-11-33)23(37-5)13-17(2)26(34)31-16-27(35,15-30-3)24-10-9-22(36-4)25(32-24)18-7-8-20(29)19(28)14-18/h6-10,13-14,30,33,35H,1,11-12,15-16H2,2-5H3,(H,31,34)/b17-13+,23-21-. The van der Waals surface area contributed by atoms with Crippen molar-refractivity contribution in [1.29, 1.82) is 0 Å². The van der Waals surface area contributed by atoms with Crippen LogP contribution < -0.4 is 15.4 Å². The third-order valence-corrected chi connectivity index (χ3v) is 5.75. The van der Waals surface area contributed by atoms with E-state index in [1.165, 1.54) is 44.6 Å². The van der Waals surface area contributed by atoms with Crippen LogP contribution >= 0.6 is 11.6 Å². The summed E-state index contributed by atoms with van der Waals surface area (Å²) in [5.74, 6) is -0.151. The second-order valence-electron chi connectivity index (χ2n) is 8.16. The summed E-state index contributed by atoms with van der Waals surface area (Å²) in [4.78, 5) is 17.5. The smallest absolute Gasteiger partial charge is 0.247 e. The van der Waals surface area contributed by atoms with E-state index in [1.54, 1.807) is 26.1 Å². The monoisotopic (exact) mass is 549 g/mol. The van der Waals surface area contributed by atoms with Gasteiger partial charge in [-0.05, 0) is 56.5 Å². The van der Waals surface area contributed by atoms with Crippen molar-refractivity contribution < 1.29 is 33.6 Å². The Kier molecular flexibility index (Phi) is 11.7. The zero-order valence-corrected chi connectivity index (χ0v) is 22.6. The number of pyridine rings is 1. The minimum absolute atomic E-state index is 0.0331. The number of hydrogen-bond acceptors (Lipinski definition) is 8. The number of aliphatic hydroxyl groups is 2. The highest BCUT2D eigenvalue weighted by molar-refractivity contribution is 6.31. The molecule has 0 fully saturated rings. The first-order valence-electron chi connectivity index (χ1n) is 11.6. The molecule has 0 spiro atoms. The molecular formula is C27H33ClFN3O6. The minimum Gasteiger partial charge on any atom is -0.494 e. The van der Waals surface area contributed by atoms with Gasteiger partial charge in [0.15, 0.2) is 11.5 Å². The van der Waals surface area contributed by atoms with E-state index in [1.807, 2.05) is 0 Å². The third-order valence-electron chi connectivity index (χ3n) is 5.46. The molecule has 9 nitrogen and oxygen atoms in total. The van der Waals surface area contributed by atoms with Crippen LogP contribution in [0.1, 0.15) is 12.6 Å². The molecule has 1 aromatic heterocycles. The summed E-state index contributed by atoms with van der Waals surface area (Å²) in [5, 5.41) is 26.1. The van der Waals surface area contributed by atoms with Gasteiger partial charge in [-0.25, -0.2) is 9.37 Å². The highest BCUT2D eigenvalue weighted by atomic mass is 35.5. The molecule has 0 radical (unpaired) electrons. The number of carbonyl (C=O) groups excluding carboxylic acids is 1. The molecule has 1 atom stereocenters. The number of hydrogen-bond donors (Lipinski definition) is 4. The van der Waals surface area contributed by atoms with Crippen molar-refractivity contribution in [3.05, 3.63) is 82.7 Å². The van der Waals surface area contributed by atoms with Crippen molar-refractivity contribution in [3.63, 3.8) is 0 Å². The fraction of sp³-hybridized carbons (Fsp3) is 0.333. The SMILES string of the molecule is C=C/C(OCCO)=C(\C=C(/C)C(=O)NCC(O)(CNC)c1ccc(OC)c(-c2ccc(F)c(Cl)c2)n1)OC. The van der Waals surface area contributed by atoms with Crippen molar-refractivity contribution in [2.75, 3.05) is 47.6 Å². The Bertz CT molecular complexity index is 1200. The van der Waals surface area contributed by atoms with Gasteiger partial charge >= 0.3 is 0 Å². The van der Waals surface area contributed by atoms with Gasteiger partial charge in [-0.3, -0.25) is 4.79 Å². The topological polar surface area (TPSA) is 122 Å². The maximum absolute atomic E-state index is 13.7. The lowest BCUT2D eigenvalue weighted by molar-refractivity contribution is -0.118. The number of ether oxygens (including phenoxy) is 3. The van der Waals surface area contributed by atoms with Crippen molar-refractivity contribution >= 4 is 17.5 Å². The molecule has 0 saturated carbocycles. The second kappa shape index (κ2) is 14.5. The molecule has 0 saturated heterocycles. The van der Waals surface area contributed by atoms with Gasteiger partial charge < -0.3 is 35.1 Å². The molecule has 11 heteroatoms. The summed E-state index contributed by atoms with van der Waals surface area (Å²) in [6.45, 7) is 4.92. The van der Waals surface area contributed by atoms with E-state index in [9.17, 15) is 14.3 Å². The maximum atomic E-state index is 13.7. The van der Waals surface area contributed by atoms with Crippen molar-refractivity contribution in [2.24, 2.45) is 0 Å². The van der Waals surface area contributed by atoms with Gasteiger partial charge in [-0.2, -0.15) is 0 Å². The van der Waals surface area contributed by atoms with Crippen LogP contribution in [0.3, 0.4) is 0 Å². The Balaban J connectivity index is 2.36. The average molecular weight is 550 g/mol. The van der Waals surface area contributed by atoms with E-state index in [0.29, 0.717) is 17.0 Å². The first-order valence-corrected chi connectivity index (χ1v) is 12.0. The summed E-state index contributed by atoms with van der Waals surface area (Å²) in [7, 11) is 4.53. The van der Waals surface area contributed by atoms with E-state index in [-0.39, 0.29) is 54.1 Å². The largest absolute Gasteiger partial charge is 0.494 e. The third kappa shape index (κ3) is 7.78. The lowest BCUT2D eigenvalue weighted by atomic mass is 9.97. The highest BCUT2D eigenvalue weighted by Crippen LogP contribution is 2.33. The quantitative estimate of drug-likeness (QED) is 0.161. The van der Waals surface area contributed by atoms with Crippen molar-refractivity contribution in [3.8, 4) is 17.0 Å². The molecule has 38 heavy (non-hydrogen) atoms. The molecule has 2 aromatic rings. The predicted molar refractivity (Wildman–Crippen MR) is 143 cm³/mol. The predicted octanol–water partition coefficient (Wildman–Crippen LogP) is 3.07. The number of rotatable bonds is 14. The highest BCUT2D eigenvalue weighted by Gasteiger charge is 2.32. The molecule has 1 heterocycles. The molecule has 4 N–H and O–H groups in total. The van der Waals surface area contributed by atoms with Gasteiger partial charge in [-0.15, -0.1) is 0 Å². The minimum atomic E-state index is -1.62. The Morgan fingerprint density at radius 1 is 1.24 bits per heavy atom. The van der Waals surface area contributed by atoms with E-state index >= 15 is 0 Å². The zero-order valence-electron chi connectivity index (χ0n) is 21.8. The van der Waals surface area contributed by atoms with Gasteiger partial charge in [0, 0.05) is 17.7 Å². The number of aliphatic hydroxyl groups excluding tert-OH is 1. The summed E-state index contributed by atoms with van der Waals surface area (Å²) in [5.41, 5.74) is -0.270. The number of allylic oxidation sites excluding steroid dienone is 2. The first-order chi connectivity index (χ1) is 18.1. The molecule has 206 valence electrons. The number of likely N-dealkylation sites (N-methyl/N-ethyl adjacent to an activating group) is 1. The number of benzene rings is 1. The number of carbonyl (C=O) groups is 1. The van der Waals surface area contributed by atoms with Crippen molar-refractivity contribution in [1.82, 2.24) is 15.6 Å². The summed E-state index contributed by atoms with van der Waals surface area (Å²) >= 11 is 5.96. The van der Waals surface area contributed by atoms with Crippen LogP contribution in [0.15, 0.2) is 66.2 Å². The van der Waals surface area contributed by atoms with Gasteiger partial charge in [0.05, 0.1) is 38.1 Å². The fourth-order valence-corrected chi connectivity index (χ4v) is 3.68. The van der Waals surface area contributed by atoms with Gasteiger partial charge in [-0.1, -0.05) is 18.2 Å². The number of amides is 1. The molecule has 1 unspecified atom stereocenters. The number of halogens is 2. The normalized spacial score (nSPS) is 13.7. The van der Waals surface area contributed by atoms with E-state index in [4.69, 9.17) is 30.9 Å². The van der Waals surface area contributed by atoms with E-state index in [2.05, 4.69) is 22.2 Å². The average Bonchev–Trinajstić information content (AvgIpc) is 2.92. The Morgan fingerprint density at radius 3 is 2.55 bits per heavy atom. The van der Waals surface area contributed by atoms with Crippen LogP contribution in [-0.2, 0) is 19.9 Å². The fourth-order valence-electron chi connectivity index (χ4n) is 3.50. The lowest BCUT2D eigenvalue weighted by Crippen LogP contribution is -2.47. The second-order valence-corrected chi connectivity index (χ2v) is 8.56. The van der Waals surface area contributed by atoms with E-state index < -0.39 is 17.3 Å². The Morgan fingerprint density at radius 2 is 1.97 bits per heavy atom. The number of methoxy groups -OCH3 is 2. The van der Waals surface area contributed by atoms with E-state index in [0.717, 1.165) is 0 Å². The Hall–Kier alpha value is -3.44. The maximum Gasteiger partial charge on any atom is 0.247 e. The lowest BCUT2D eigenvalue weighted by Gasteiger charge is -2.28. The van der Waals surface area contributed by atoms with Crippen LogP contribution in [0, 0.1) is 5.82 Å². The number of aromatic nitrogens is 1. The molecule has 1 aromatic carbocycles. The van der Waals surface area contributed by atoms with Crippen LogP contribution in [-0.4, -0.2) is 68.7 Å². The van der Waals surface area contributed by atoms with Gasteiger partial charge in [0.25, 0.3) is 0 Å². The van der Waals surface area contributed by atoms with Crippen molar-refractivity contribution in [2.45, 2.75) is 12.5 Å². The molecule has 0 aliphatic rings. The molecule has 1 amide bonds. The first kappa shape index (κ1) is 30.8. The number of nitrogens with zero attached hydrogens (tertiary/aromatic N) is 1. The number of nitrogens with one attached hydrogen (secondary N) is 2. The van der Waals surface area contributed by atoms with Gasteiger partial charge in [0.2, 0.25) is 5.91 Å². The zero-order chi connectivity index (χ0) is 28.3. The van der Waals surface area contributed by atoms with Crippen LogP contribution in [0.5, 0.6) is 5.75 Å². The molecule has 0 bridgehead atoms. The van der Waals surface area contributed by atoms with Crippen LogP contribution in [0.2, 0.25) is 5.02 Å². The molecule has 2 rings (SSSR count). The molecule has 0 aliphatic heterocycles. The Labute approximate surface area is 226 Å².